The smallest absolute Gasteiger partial charge is 0.345 e. The third-order valence-corrected chi connectivity index (χ3v) is 4.94. The summed E-state index contributed by atoms with van der Waals surface area (Å²) >= 11 is 6.27. The first-order valence-electron chi connectivity index (χ1n) is 10.4. The van der Waals surface area contributed by atoms with Gasteiger partial charge in [0, 0.05) is 0 Å². The van der Waals surface area contributed by atoms with Gasteiger partial charge in [0.25, 0.3) is 0 Å². The van der Waals surface area contributed by atoms with Crippen molar-refractivity contribution in [1.29, 1.82) is 0 Å². The van der Waals surface area contributed by atoms with Crippen LogP contribution >= 0.6 is 11.6 Å². The zero-order chi connectivity index (χ0) is 20.2. The zero-order valence-electron chi connectivity index (χ0n) is 17.0. The van der Waals surface area contributed by atoms with E-state index in [1.54, 1.807) is 18.2 Å². The summed E-state index contributed by atoms with van der Waals surface area (Å²) in [5.41, 5.74) is 1.60. The molecule has 0 heterocycles. The number of ether oxygens (including phenoxy) is 2. The standard InChI is InChI=1S/C24H31ClO3/c1-3-5-7-9-17-27-21-15-16-22(23(25)18-21)24(26)28-20-13-11-19(12-14-20)10-8-6-4-2/h11-16,18H,3-10,17H2,1-2H3. The van der Waals surface area contributed by atoms with Gasteiger partial charge in [0.15, 0.2) is 0 Å². The van der Waals surface area contributed by atoms with Gasteiger partial charge in [-0.15, -0.1) is 0 Å². The molecule has 28 heavy (non-hydrogen) atoms. The van der Waals surface area contributed by atoms with E-state index in [1.165, 1.54) is 37.7 Å². The Morgan fingerprint density at radius 3 is 2.21 bits per heavy atom. The maximum Gasteiger partial charge on any atom is 0.345 e. The molecule has 0 aliphatic rings. The molecule has 0 radical (unpaired) electrons. The lowest BCUT2D eigenvalue weighted by Crippen LogP contribution is -2.09. The van der Waals surface area contributed by atoms with Gasteiger partial charge in [-0.3, -0.25) is 0 Å². The molecule has 0 amide bonds. The van der Waals surface area contributed by atoms with Crippen LogP contribution in [0.2, 0.25) is 5.02 Å². The molecule has 0 atom stereocenters. The first kappa shape index (κ1) is 22.3. The quantitative estimate of drug-likeness (QED) is 0.213. The molecule has 2 aromatic carbocycles. The Morgan fingerprint density at radius 2 is 1.54 bits per heavy atom. The SMILES string of the molecule is CCCCCCOc1ccc(C(=O)Oc2ccc(CCCCC)cc2)c(Cl)c1. The van der Waals surface area contributed by atoms with Gasteiger partial charge in [-0.2, -0.15) is 0 Å². The lowest BCUT2D eigenvalue weighted by Gasteiger charge is -2.10. The number of benzene rings is 2. The van der Waals surface area contributed by atoms with E-state index in [9.17, 15) is 4.79 Å². The van der Waals surface area contributed by atoms with E-state index in [1.807, 2.05) is 24.3 Å². The molecular weight excluding hydrogens is 372 g/mol. The van der Waals surface area contributed by atoms with Crippen LogP contribution in [0.3, 0.4) is 0 Å². The lowest BCUT2D eigenvalue weighted by molar-refractivity contribution is 0.0735. The van der Waals surface area contributed by atoms with Gasteiger partial charge in [-0.1, -0.05) is 69.7 Å². The van der Waals surface area contributed by atoms with Gasteiger partial charge in [0.1, 0.15) is 11.5 Å². The second-order valence-electron chi connectivity index (χ2n) is 7.04. The Morgan fingerprint density at radius 1 is 0.857 bits per heavy atom. The molecule has 0 aliphatic heterocycles. The topological polar surface area (TPSA) is 35.5 Å². The van der Waals surface area contributed by atoms with Crippen LogP contribution in [0, 0.1) is 0 Å². The Labute approximate surface area is 174 Å². The van der Waals surface area contributed by atoms with Gasteiger partial charge in [-0.25, -0.2) is 4.79 Å². The van der Waals surface area contributed by atoms with E-state index in [0.29, 0.717) is 28.7 Å². The molecule has 0 saturated heterocycles. The van der Waals surface area contributed by atoms with Crippen molar-refractivity contribution in [2.45, 2.75) is 65.2 Å². The highest BCUT2D eigenvalue weighted by molar-refractivity contribution is 6.33. The van der Waals surface area contributed by atoms with E-state index >= 15 is 0 Å². The summed E-state index contributed by atoms with van der Waals surface area (Å²) in [6.45, 7) is 5.03. The van der Waals surface area contributed by atoms with Crippen molar-refractivity contribution >= 4 is 17.6 Å². The molecule has 3 nitrogen and oxygen atoms in total. The Bertz CT molecular complexity index is 725. The summed E-state index contributed by atoms with van der Waals surface area (Å²) in [6.07, 6.45) is 9.26. The number of hydrogen-bond donors (Lipinski definition) is 0. The van der Waals surface area contributed by atoms with Crippen molar-refractivity contribution < 1.29 is 14.3 Å². The molecule has 0 aliphatic carbocycles. The number of carbonyl (C=O) groups excluding carboxylic acids is 1. The summed E-state index contributed by atoms with van der Waals surface area (Å²) in [6, 6.07) is 12.8. The second kappa shape index (κ2) is 12.5. The van der Waals surface area contributed by atoms with Crippen molar-refractivity contribution in [3.8, 4) is 11.5 Å². The lowest BCUT2D eigenvalue weighted by atomic mass is 10.1. The molecule has 0 aromatic heterocycles. The monoisotopic (exact) mass is 402 g/mol. The fraction of sp³-hybridized carbons (Fsp3) is 0.458. The predicted octanol–water partition coefficient (Wildman–Crippen LogP) is 7.25. The summed E-state index contributed by atoms with van der Waals surface area (Å²) in [7, 11) is 0. The maximum atomic E-state index is 12.4. The number of rotatable bonds is 12. The average Bonchev–Trinajstić information content (AvgIpc) is 2.69. The molecule has 152 valence electrons. The Kier molecular flexibility index (Phi) is 9.92. The molecule has 0 bridgehead atoms. The molecule has 0 spiro atoms. The van der Waals surface area contributed by atoms with E-state index in [4.69, 9.17) is 21.1 Å². The molecule has 0 saturated carbocycles. The van der Waals surface area contributed by atoms with Gasteiger partial charge in [-0.05, 0) is 55.2 Å². The van der Waals surface area contributed by atoms with E-state index in [2.05, 4.69) is 13.8 Å². The first-order chi connectivity index (χ1) is 13.6. The third-order valence-electron chi connectivity index (χ3n) is 4.63. The van der Waals surface area contributed by atoms with Crippen LogP contribution < -0.4 is 9.47 Å². The predicted molar refractivity (Wildman–Crippen MR) is 116 cm³/mol. The number of carbonyl (C=O) groups is 1. The first-order valence-corrected chi connectivity index (χ1v) is 10.7. The molecular formula is C24H31ClO3. The van der Waals surface area contributed by atoms with Crippen LogP contribution in [0.1, 0.15) is 74.7 Å². The van der Waals surface area contributed by atoms with Crippen LogP contribution in [0.4, 0.5) is 0 Å². The molecule has 0 fully saturated rings. The molecule has 0 N–H and O–H groups in total. The highest BCUT2D eigenvalue weighted by Crippen LogP contribution is 2.25. The van der Waals surface area contributed by atoms with Crippen LogP contribution in [0.25, 0.3) is 0 Å². The largest absolute Gasteiger partial charge is 0.494 e. The number of unbranched alkanes of at least 4 members (excludes halogenated alkanes) is 5. The second-order valence-corrected chi connectivity index (χ2v) is 7.45. The van der Waals surface area contributed by atoms with Gasteiger partial charge >= 0.3 is 5.97 Å². The minimum atomic E-state index is -0.460. The van der Waals surface area contributed by atoms with Crippen molar-refractivity contribution in [1.82, 2.24) is 0 Å². The minimum Gasteiger partial charge on any atom is -0.494 e. The van der Waals surface area contributed by atoms with E-state index in [0.717, 1.165) is 19.3 Å². The van der Waals surface area contributed by atoms with Crippen LogP contribution in [-0.2, 0) is 6.42 Å². The maximum absolute atomic E-state index is 12.4. The summed E-state index contributed by atoms with van der Waals surface area (Å²) in [5.74, 6) is 0.740. The fourth-order valence-electron chi connectivity index (χ4n) is 2.94. The van der Waals surface area contributed by atoms with Crippen molar-refractivity contribution in [3.63, 3.8) is 0 Å². The van der Waals surface area contributed by atoms with Crippen LogP contribution in [0.5, 0.6) is 11.5 Å². The Hall–Kier alpha value is -2.00. The number of esters is 1. The molecule has 0 unspecified atom stereocenters. The van der Waals surface area contributed by atoms with Crippen molar-refractivity contribution in [2.75, 3.05) is 6.61 Å². The highest BCUT2D eigenvalue weighted by atomic mass is 35.5. The fourth-order valence-corrected chi connectivity index (χ4v) is 3.18. The molecule has 2 aromatic rings. The molecule has 4 heteroatoms. The van der Waals surface area contributed by atoms with Gasteiger partial charge < -0.3 is 9.47 Å². The number of halogens is 1. The van der Waals surface area contributed by atoms with Crippen molar-refractivity contribution in [3.05, 3.63) is 58.6 Å². The number of aryl methyl sites for hydroxylation is 1. The Balaban J connectivity index is 1.87. The summed E-state index contributed by atoms with van der Waals surface area (Å²) in [5, 5.41) is 0.340. The summed E-state index contributed by atoms with van der Waals surface area (Å²) < 4.78 is 11.2. The van der Waals surface area contributed by atoms with Crippen molar-refractivity contribution in [2.24, 2.45) is 0 Å². The summed E-state index contributed by atoms with van der Waals surface area (Å²) in [4.78, 5) is 12.4. The zero-order valence-corrected chi connectivity index (χ0v) is 17.8. The van der Waals surface area contributed by atoms with E-state index in [-0.39, 0.29) is 0 Å². The average molecular weight is 403 g/mol. The third kappa shape index (κ3) is 7.55. The number of hydrogen-bond acceptors (Lipinski definition) is 3. The van der Waals surface area contributed by atoms with Gasteiger partial charge in [0.2, 0.25) is 0 Å². The molecule has 2 rings (SSSR count). The minimum absolute atomic E-state index is 0.340. The van der Waals surface area contributed by atoms with E-state index < -0.39 is 5.97 Å². The van der Waals surface area contributed by atoms with Crippen LogP contribution in [0.15, 0.2) is 42.5 Å². The van der Waals surface area contributed by atoms with Gasteiger partial charge in [0.05, 0.1) is 17.2 Å². The van der Waals surface area contributed by atoms with Crippen LogP contribution in [-0.4, -0.2) is 12.6 Å². The highest BCUT2D eigenvalue weighted by Gasteiger charge is 2.14. The normalized spacial score (nSPS) is 10.7.